The van der Waals surface area contributed by atoms with Gasteiger partial charge in [0.15, 0.2) is 0 Å². The Morgan fingerprint density at radius 1 is 1.12 bits per heavy atom. The molecule has 2 rings (SSSR count). The van der Waals surface area contributed by atoms with Gasteiger partial charge in [-0.25, -0.2) is 0 Å². The van der Waals surface area contributed by atoms with E-state index in [1.54, 1.807) is 0 Å². The molecule has 1 saturated heterocycles. The Bertz CT molecular complexity index is 258. The van der Waals surface area contributed by atoms with Crippen LogP contribution in [0.4, 0.5) is 0 Å². The number of rotatable bonds is 3. The number of halogens is 1. The quantitative estimate of drug-likeness (QED) is 0.844. The van der Waals surface area contributed by atoms with Crippen LogP contribution in [-0.4, -0.2) is 29.9 Å². The number of nitrogens with two attached hydrogens (primary N) is 1. The van der Waals surface area contributed by atoms with Crippen LogP contribution in [0, 0.1) is 17.8 Å². The van der Waals surface area contributed by atoms with E-state index in [4.69, 9.17) is 5.73 Å². The largest absolute Gasteiger partial charge is 0.342 e. The molecule has 1 amide bonds. The lowest BCUT2D eigenvalue weighted by Gasteiger charge is -2.35. The van der Waals surface area contributed by atoms with Crippen molar-refractivity contribution >= 4 is 18.3 Å². The van der Waals surface area contributed by atoms with E-state index in [0.717, 1.165) is 25.9 Å². The van der Waals surface area contributed by atoms with E-state index in [1.807, 2.05) is 0 Å². The van der Waals surface area contributed by atoms with Crippen molar-refractivity contribution in [2.45, 2.75) is 45.6 Å². The molecule has 17 heavy (non-hydrogen) atoms. The van der Waals surface area contributed by atoms with Crippen molar-refractivity contribution in [2.24, 2.45) is 23.5 Å². The second kappa shape index (κ2) is 6.05. The zero-order valence-electron chi connectivity index (χ0n) is 10.9. The molecule has 0 aromatic heterocycles. The van der Waals surface area contributed by atoms with Gasteiger partial charge in [-0.15, -0.1) is 12.4 Å². The van der Waals surface area contributed by atoms with Crippen molar-refractivity contribution in [3.63, 3.8) is 0 Å². The molecule has 0 aromatic carbocycles. The molecule has 1 heterocycles. The Labute approximate surface area is 111 Å². The molecule has 2 N–H and O–H groups in total. The molecular formula is C13H25ClN2O. The van der Waals surface area contributed by atoms with Gasteiger partial charge >= 0.3 is 0 Å². The summed E-state index contributed by atoms with van der Waals surface area (Å²) in [6.45, 7) is 6.01. The number of piperidine rings is 1. The molecule has 1 saturated carbocycles. The zero-order valence-corrected chi connectivity index (χ0v) is 11.7. The number of hydrogen-bond acceptors (Lipinski definition) is 2. The molecule has 100 valence electrons. The molecule has 3 nitrogen and oxygen atoms in total. The third-order valence-electron chi connectivity index (χ3n) is 4.31. The Morgan fingerprint density at radius 3 is 2.06 bits per heavy atom. The first-order valence-corrected chi connectivity index (χ1v) is 6.64. The maximum Gasteiger partial charge on any atom is 0.225 e. The summed E-state index contributed by atoms with van der Waals surface area (Å²) < 4.78 is 0. The van der Waals surface area contributed by atoms with Crippen LogP contribution in [0.2, 0.25) is 0 Å². The predicted octanol–water partition coefficient (Wildman–Crippen LogP) is 2.04. The minimum atomic E-state index is 0. The molecule has 1 aliphatic heterocycles. The summed E-state index contributed by atoms with van der Waals surface area (Å²) in [4.78, 5) is 14.2. The van der Waals surface area contributed by atoms with Crippen molar-refractivity contribution in [1.82, 2.24) is 4.90 Å². The van der Waals surface area contributed by atoms with E-state index >= 15 is 0 Å². The molecule has 2 unspecified atom stereocenters. The van der Waals surface area contributed by atoms with Crippen molar-refractivity contribution < 1.29 is 4.79 Å². The van der Waals surface area contributed by atoms with Gasteiger partial charge in [0.2, 0.25) is 5.91 Å². The molecule has 2 fully saturated rings. The lowest BCUT2D eigenvalue weighted by molar-refractivity contribution is -0.137. The molecule has 2 atom stereocenters. The standard InChI is InChI=1S/C13H24N2O.ClH/c1-9(11-3-4-11)13(16)15-7-5-12(6-8-15)10(2)14;/h9-12H,3-8,14H2,1-2H3;1H. The van der Waals surface area contributed by atoms with Crippen LogP contribution in [-0.2, 0) is 4.79 Å². The van der Waals surface area contributed by atoms with Gasteiger partial charge in [-0.05, 0) is 44.4 Å². The highest BCUT2D eigenvalue weighted by atomic mass is 35.5. The number of likely N-dealkylation sites (tertiary alicyclic amines) is 1. The van der Waals surface area contributed by atoms with E-state index in [1.165, 1.54) is 12.8 Å². The maximum atomic E-state index is 12.2. The summed E-state index contributed by atoms with van der Waals surface area (Å²) in [6, 6.07) is 0.276. The summed E-state index contributed by atoms with van der Waals surface area (Å²) in [7, 11) is 0. The summed E-state index contributed by atoms with van der Waals surface area (Å²) in [6.07, 6.45) is 4.67. The fourth-order valence-electron chi connectivity index (χ4n) is 2.73. The summed E-state index contributed by atoms with van der Waals surface area (Å²) >= 11 is 0. The van der Waals surface area contributed by atoms with E-state index in [-0.39, 0.29) is 24.4 Å². The van der Waals surface area contributed by atoms with Crippen molar-refractivity contribution in [3.05, 3.63) is 0 Å². The number of nitrogens with zero attached hydrogens (tertiary/aromatic N) is 1. The molecule has 0 aromatic rings. The highest BCUT2D eigenvalue weighted by Gasteiger charge is 2.36. The monoisotopic (exact) mass is 260 g/mol. The average Bonchev–Trinajstić information content (AvgIpc) is 3.11. The molecule has 0 bridgehead atoms. The highest BCUT2D eigenvalue weighted by molar-refractivity contribution is 5.85. The summed E-state index contributed by atoms with van der Waals surface area (Å²) in [5.41, 5.74) is 5.90. The van der Waals surface area contributed by atoms with E-state index in [2.05, 4.69) is 18.7 Å². The SMILES string of the molecule is CC(N)C1CCN(C(=O)C(C)C2CC2)CC1.Cl. The van der Waals surface area contributed by atoms with Gasteiger partial charge in [0.25, 0.3) is 0 Å². The topological polar surface area (TPSA) is 46.3 Å². The Hall–Kier alpha value is -0.280. The second-order valence-electron chi connectivity index (χ2n) is 5.65. The van der Waals surface area contributed by atoms with Gasteiger partial charge in [0, 0.05) is 25.0 Å². The van der Waals surface area contributed by atoms with Crippen molar-refractivity contribution in [2.75, 3.05) is 13.1 Å². The van der Waals surface area contributed by atoms with Crippen LogP contribution >= 0.6 is 12.4 Å². The van der Waals surface area contributed by atoms with Gasteiger partial charge in [-0.3, -0.25) is 4.79 Å². The van der Waals surface area contributed by atoms with Crippen LogP contribution in [0.1, 0.15) is 39.5 Å². The highest BCUT2D eigenvalue weighted by Crippen LogP contribution is 2.37. The maximum absolute atomic E-state index is 12.2. The van der Waals surface area contributed by atoms with E-state index < -0.39 is 0 Å². The third-order valence-corrected chi connectivity index (χ3v) is 4.31. The minimum Gasteiger partial charge on any atom is -0.342 e. The number of amides is 1. The van der Waals surface area contributed by atoms with Crippen LogP contribution in [0.3, 0.4) is 0 Å². The molecule has 0 radical (unpaired) electrons. The number of carbonyl (C=O) groups is 1. The summed E-state index contributed by atoms with van der Waals surface area (Å²) in [5.74, 6) is 1.93. The normalized spacial score (nSPS) is 25.0. The number of hydrogen-bond donors (Lipinski definition) is 1. The molecule has 4 heteroatoms. The van der Waals surface area contributed by atoms with Crippen LogP contribution in [0.25, 0.3) is 0 Å². The zero-order chi connectivity index (χ0) is 11.7. The molecule has 0 spiro atoms. The van der Waals surface area contributed by atoms with Crippen molar-refractivity contribution in [3.8, 4) is 0 Å². The average molecular weight is 261 g/mol. The molecule has 2 aliphatic rings. The predicted molar refractivity (Wildman–Crippen MR) is 72.1 cm³/mol. The molecular weight excluding hydrogens is 236 g/mol. The van der Waals surface area contributed by atoms with Gasteiger partial charge in [0.05, 0.1) is 0 Å². The van der Waals surface area contributed by atoms with Gasteiger partial charge in [0.1, 0.15) is 0 Å². The first-order valence-electron chi connectivity index (χ1n) is 6.64. The van der Waals surface area contributed by atoms with Crippen LogP contribution in [0.5, 0.6) is 0 Å². The van der Waals surface area contributed by atoms with Gasteiger partial charge < -0.3 is 10.6 Å². The van der Waals surface area contributed by atoms with E-state index in [0.29, 0.717) is 17.7 Å². The Balaban J connectivity index is 0.00000144. The smallest absolute Gasteiger partial charge is 0.225 e. The summed E-state index contributed by atoms with van der Waals surface area (Å²) in [5, 5.41) is 0. The van der Waals surface area contributed by atoms with Gasteiger partial charge in [-0.1, -0.05) is 6.92 Å². The minimum absolute atomic E-state index is 0. The Morgan fingerprint density at radius 2 is 1.65 bits per heavy atom. The Kier molecular flexibility index (Phi) is 5.26. The second-order valence-corrected chi connectivity index (χ2v) is 5.65. The fourth-order valence-corrected chi connectivity index (χ4v) is 2.73. The first-order chi connectivity index (χ1) is 7.59. The lowest BCUT2D eigenvalue weighted by Crippen LogP contribution is -2.44. The number of carbonyl (C=O) groups excluding carboxylic acids is 1. The van der Waals surface area contributed by atoms with Crippen molar-refractivity contribution in [1.29, 1.82) is 0 Å². The van der Waals surface area contributed by atoms with Gasteiger partial charge in [-0.2, -0.15) is 0 Å². The molecule has 1 aliphatic carbocycles. The van der Waals surface area contributed by atoms with Crippen LogP contribution in [0.15, 0.2) is 0 Å². The van der Waals surface area contributed by atoms with Crippen LogP contribution < -0.4 is 5.73 Å². The lowest BCUT2D eigenvalue weighted by atomic mass is 9.90. The first kappa shape index (κ1) is 14.8. The third kappa shape index (κ3) is 3.59. The van der Waals surface area contributed by atoms with E-state index in [9.17, 15) is 4.79 Å². The fraction of sp³-hybridized carbons (Fsp3) is 0.923.